The second kappa shape index (κ2) is 5.45. The minimum Gasteiger partial charge on any atom is -0.251 e. The van der Waals surface area contributed by atoms with Crippen molar-refractivity contribution in [2.24, 2.45) is 0 Å². The summed E-state index contributed by atoms with van der Waals surface area (Å²) in [7, 11) is 0. The van der Waals surface area contributed by atoms with Gasteiger partial charge in [0.2, 0.25) is 0 Å². The third kappa shape index (κ3) is 2.79. The van der Waals surface area contributed by atoms with Gasteiger partial charge < -0.3 is 0 Å². The van der Waals surface area contributed by atoms with Gasteiger partial charge in [-0.15, -0.1) is 0 Å². The van der Waals surface area contributed by atoms with Crippen LogP contribution in [0.1, 0.15) is 16.1 Å². The summed E-state index contributed by atoms with van der Waals surface area (Å²) in [5.74, 6) is 0. The Kier molecular flexibility index (Phi) is 3.51. The van der Waals surface area contributed by atoms with Crippen LogP contribution in [0.25, 0.3) is 11.2 Å². The number of alkyl halides is 1. The molecular formula is C15H12BrN3. The van der Waals surface area contributed by atoms with Crippen LogP contribution in [0.15, 0.2) is 54.9 Å². The predicted molar refractivity (Wildman–Crippen MR) is 79.1 cm³/mol. The van der Waals surface area contributed by atoms with Crippen LogP contribution in [0.5, 0.6) is 0 Å². The Hall–Kier alpha value is -1.81. The van der Waals surface area contributed by atoms with Gasteiger partial charge in [-0.05, 0) is 17.7 Å². The number of nitrogens with zero attached hydrogens (tertiary/aromatic N) is 3. The first kappa shape index (κ1) is 12.2. The van der Waals surface area contributed by atoms with Gasteiger partial charge in [-0.2, -0.15) is 0 Å². The largest absolute Gasteiger partial charge is 0.251 e. The van der Waals surface area contributed by atoms with Gasteiger partial charge in [0.15, 0.2) is 5.65 Å². The van der Waals surface area contributed by atoms with Gasteiger partial charge in [-0.1, -0.05) is 46.3 Å². The minimum atomic E-state index is 0.260. The summed E-state index contributed by atoms with van der Waals surface area (Å²) in [5.41, 5.74) is 3.80. The van der Waals surface area contributed by atoms with Crippen LogP contribution in [0.2, 0.25) is 0 Å². The summed E-state index contributed by atoms with van der Waals surface area (Å²) in [6.07, 6.45) is 4.18. The van der Waals surface area contributed by atoms with Crippen molar-refractivity contribution in [3.63, 3.8) is 0 Å². The zero-order valence-electron chi connectivity index (χ0n) is 10.2. The minimum absolute atomic E-state index is 0.260. The topological polar surface area (TPSA) is 38.7 Å². The number of pyridine rings is 1. The number of hydrogen-bond acceptors (Lipinski definition) is 3. The van der Waals surface area contributed by atoms with E-state index in [1.54, 1.807) is 12.4 Å². The Morgan fingerprint density at radius 3 is 2.58 bits per heavy atom. The first-order valence-electron chi connectivity index (χ1n) is 6.08. The lowest BCUT2D eigenvalue weighted by Crippen LogP contribution is -1.99. The van der Waals surface area contributed by atoms with E-state index >= 15 is 0 Å². The molecule has 0 fully saturated rings. The molecule has 1 unspecified atom stereocenters. The number of halogens is 1. The molecule has 3 aromatic rings. The van der Waals surface area contributed by atoms with Crippen LogP contribution in [0.4, 0.5) is 0 Å². The van der Waals surface area contributed by atoms with E-state index in [0.29, 0.717) is 5.65 Å². The molecule has 1 atom stereocenters. The standard InChI is InChI=1S/C15H12BrN3/c16-13(11-4-2-1-3-5-11)10-12-6-7-14-15(19-12)18-9-8-17-14/h1-9,13H,10H2. The van der Waals surface area contributed by atoms with Crippen molar-refractivity contribution in [3.05, 3.63) is 66.1 Å². The molecule has 0 N–H and O–H groups in total. The molecule has 0 aliphatic rings. The normalized spacial score (nSPS) is 12.5. The summed E-state index contributed by atoms with van der Waals surface area (Å²) >= 11 is 3.71. The maximum Gasteiger partial charge on any atom is 0.178 e. The third-order valence-electron chi connectivity index (χ3n) is 2.94. The van der Waals surface area contributed by atoms with Crippen LogP contribution in [-0.4, -0.2) is 15.0 Å². The van der Waals surface area contributed by atoms with E-state index in [-0.39, 0.29) is 4.83 Å². The first-order chi connectivity index (χ1) is 9.33. The molecule has 2 heterocycles. The summed E-state index contributed by atoms with van der Waals surface area (Å²) in [6.45, 7) is 0. The second-order valence-electron chi connectivity index (χ2n) is 4.28. The van der Waals surface area contributed by atoms with Crippen molar-refractivity contribution in [1.29, 1.82) is 0 Å². The Balaban J connectivity index is 1.85. The van der Waals surface area contributed by atoms with Crippen LogP contribution >= 0.6 is 15.9 Å². The van der Waals surface area contributed by atoms with Crippen molar-refractivity contribution >= 4 is 27.1 Å². The molecule has 2 aromatic heterocycles. The summed E-state index contributed by atoms with van der Waals surface area (Å²) < 4.78 is 0. The molecule has 0 amide bonds. The number of fused-ring (bicyclic) bond motifs is 1. The number of benzene rings is 1. The van der Waals surface area contributed by atoms with Gasteiger partial charge in [-0.3, -0.25) is 4.98 Å². The van der Waals surface area contributed by atoms with E-state index in [1.165, 1.54) is 5.56 Å². The highest BCUT2D eigenvalue weighted by molar-refractivity contribution is 9.09. The zero-order chi connectivity index (χ0) is 13.1. The van der Waals surface area contributed by atoms with E-state index in [2.05, 4.69) is 43.0 Å². The number of rotatable bonds is 3. The average Bonchev–Trinajstić information content (AvgIpc) is 2.48. The highest BCUT2D eigenvalue weighted by Gasteiger charge is 2.09. The van der Waals surface area contributed by atoms with Gasteiger partial charge in [-0.25, -0.2) is 9.97 Å². The molecule has 0 saturated heterocycles. The molecule has 0 radical (unpaired) electrons. The van der Waals surface area contributed by atoms with Crippen molar-refractivity contribution in [2.75, 3.05) is 0 Å². The molecule has 4 heteroatoms. The highest BCUT2D eigenvalue weighted by Crippen LogP contribution is 2.26. The van der Waals surface area contributed by atoms with E-state index in [1.807, 2.05) is 30.3 Å². The van der Waals surface area contributed by atoms with Gasteiger partial charge in [0.1, 0.15) is 5.52 Å². The van der Waals surface area contributed by atoms with Crippen LogP contribution in [-0.2, 0) is 6.42 Å². The fraction of sp³-hybridized carbons (Fsp3) is 0.133. The van der Waals surface area contributed by atoms with Crippen LogP contribution in [0.3, 0.4) is 0 Å². The Morgan fingerprint density at radius 1 is 0.947 bits per heavy atom. The summed E-state index contributed by atoms with van der Waals surface area (Å²) in [4.78, 5) is 13.3. The van der Waals surface area contributed by atoms with Crippen molar-refractivity contribution in [3.8, 4) is 0 Å². The average molecular weight is 314 g/mol. The van der Waals surface area contributed by atoms with E-state index in [9.17, 15) is 0 Å². The fourth-order valence-electron chi connectivity index (χ4n) is 1.97. The summed E-state index contributed by atoms with van der Waals surface area (Å²) in [6, 6.07) is 14.3. The zero-order valence-corrected chi connectivity index (χ0v) is 11.8. The van der Waals surface area contributed by atoms with Gasteiger partial charge in [0.25, 0.3) is 0 Å². The molecule has 0 bridgehead atoms. The predicted octanol–water partition coefficient (Wildman–Crippen LogP) is 3.70. The van der Waals surface area contributed by atoms with Gasteiger partial charge in [0, 0.05) is 29.3 Å². The van der Waals surface area contributed by atoms with Gasteiger partial charge in [0.05, 0.1) is 0 Å². The van der Waals surface area contributed by atoms with Crippen molar-refractivity contribution in [1.82, 2.24) is 15.0 Å². The Morgan fingerprint density at radius 2 is 1.74 bits per heavy atom. The lowest BCUT2D eigenvalue weighted by Gasteiger charge is -2.09. The number of hydrogen-bond donors (Lipinski definition) is 0. The maximum atomic E-state index is 4.54. The van der Waals surface area contributed by atoms with Crippen LogP contribution in [0, 0.1) is 0 Å². The van der Waals surface area contributed by atoms with Gasteiger partial charge >= 0.3 is 0 Å². The Labute approximate surface area is 119 Å². The lowest BCUT2D eigenvalue weighted by atomic mass is 10.1. The van der Waals surface area contributed by atoms with Crippen molar-refractivity contribution in [2.45, 2.75) is 11.2 Å². The highest BCUT2D eigenvalue weighted by atomic mass is 79.9. The molecule has 0 aliphatic heterocycles. The van der Waals surface area contributed by atoms with E-state index in [0.717, 1.165) is 17.6 Å². The lowest BCUT2D eigenvalue weighted by molar-refractivity contribution is 0.909. The van der Waals surface area contributed by atoms with E-state index in [4.69, 9.17) is 0 Å². The van der Waals surface area contributed by atoms with Crippen molar-refractivity contribution < 1.29 is 0 Å². The monoisotopic (exact) mass is 313 g/mol. The summed E-state index contributed by atoms with van der Waals surface area (Å²) in [5, 5.41) is 0. The molecule has 0 saturated carbocycles. The molecule has 1 aromatic carbocycles. The maximum absolute atomic E-state index is 4.54. The quantitative estimate of drug-likeness (QED) is 0.692. The molecular weight excluding hydrogens is 302 g/mol. The van der Waals surface area contributed by atoms with E-state index < -0.39 is 0 Å². The fourth-order valence-corrected chi connectivity index (χ4v) is 2.61. The molecule has 0 aliphatic carbocycles. The first-order valence-corrected chi connectivity index (χ1v) is 7.00. The second-order valence-corrected chi connectivity index (χ2v) is 5.39. The molecule has 3 rings (SSSR count). The molecule has 19 heavy (non-hydrogen) atoms. The SMILES string of the molecule is BrC(Cc1ccc2nccnc2n1)c1ccccc1. The molecule has 94 valence electrons. The van der Waals surface area contributed by atoms with Crippen LogP contribution < -0.4 is 0 Å². The molecule has 0 spiro atoms. The molecule has 3 nitrogen and oxygen atoms in total. The Bertz CT molecular complexity index is 685. The smallest absolute Gasteiger partial charge is 0.178 e. The third-order valence-corrected chi connectivity index (χ3v) is 3.79. The number of aromatic nitrogens is 3.